The number of carbonyl (C=O) groups is 1. The predicted molar refractivity (Wildman–Crippen MR) is 110 cm³/mol. The maximum Gasteiger partial charge on any atom is 0.405 e. The summed E-state index contributed by atoms with van der Waals surface area (Å²) in [6, 6.07) is 4.91. The van der Waals surface area contributed by atoms with Crippen molar-refractivity contribution in [3.05, 3.63) is 56.6 Å². The fourth-order valence-corrected chi connectivity index (χ4v) is 3.36. The molecule has 0 saturated carbocycles. The molecule has 2 N–H and O–H groups in total. The molecule has 3 aromatic rings. The van der Waals surface area contributed by atoms with Crippen LogP contribution in [0, 0.1) is 11.8 Å². The van der Waals surface area contributed by atoms with E-state index < -0.39 is 11.7 Å². The van der Waals surface area contributed by atoms with Crippen molar-refractivity contribution in [3.8, 4) is 17.5 Å². The molecule has 10 heteroatoms. The van der Waals surface area contributed by atoms with E-state index >= 15 is 0 Å². The van der Waals surface area contributed by atoms with Gasteiger partial charge < -0.3 is 10.4 Å². The van der Waals surface area contributed by atoms with Gasteiger partial charge in [0.1, 0.15) is 0 Å². The Kier molecular flexibility index (Phi) is 6.09. The highest BCUT2D eigenvalue weighted by Crippen LogP contribution is 2.28. The maximum atomic E-state index is 13.0. The fourth-order valence-electron chi connectivity index (χ4n) is 2.44. The van der Waals surface area contributed by atoms with Gasteiger partial charge in [-0.25, -0.2) is 14.8 Å². The minimum atomic E-state index is -1.18. The zero-order valence-corrected chi connectivity index (χ0v) is 16.7. The van der Waals surface area contributed by atoms with Crippen LogP contribution in [0.2, 0.25) is 10.0 Å². The molecule has 0 aliphatic heterocycles. The highest BCUT2D eigenvalue weighted by Gasteiger charge is 2.15. The second-order valence-electron chi connectivity index (χ2n) is 5.37. The van der Waals surface area contributed by atoms with Crippen molar-refractivity contribution in [3.63, 3.8) is 0 Å². The fraction of sp³-hybridized carbons (Fsp3) is 0.111. The first kappa shape index (κ1) is 20.0. The Balaban J connectivity index is 2.28. The maximum absolute atomic E-state index is 13.0. The number of hydrogen-bond donors (Lipinski definition) is 2. The summed E-state index contributed by atoms with van der Waals surface area (Å²) in [6.45, 7) is -0.0801. The van der Waals surface area contributed by atoms with Crippen LogP contribution in [0.3, 0.4) is 0 Å². The number of pyridine rings is 1. The molecule has 1 amide bonds. The average molecular weight is 435 g/mol. The molecule has 28 heavy (non-hydrogen) atoms. The summed E-state index contributed by atoms with van der Waals surface area (Å²) in [5.41, 5.74) is 0.701. The Morgan fingerprint density at radius 1 is 1.36 bits per heavy atom. The molecular formula is C18H12Cl2N4O3S. The van der Waals surface area contributed by atoms with E-state index in [0.717, 1.165) is 0 Å². The molecule has 0 unspecified atom stereocenters. The average Bonchev–Trinajstić information content (AvgIpc) is 2.67. The van der Waals surface area contributed by atoms with Crippen molar-refractivity contribution in [2.45, 2.75) is 5.16 Å². The van der Waals surface area contributed by atoms with Crippen LogP contribution in [0.5, 0.6) is 0 Å². The van der Waals surface area contributed by atoms with Crippen LogP contribution < -0.4 is 10.9 Å². The quantitative estimate of drug-likeness (QED) is 0.372. The summed E-state index contributed by atoms with van der Waals surface area (Å²) >= 11 is 13.8. The zero-order valence-electron chi connectivity index (χ0n) is 14.4. The van der Waals surface area contributed by atoms with E-state index in [1.807, 2.05) is 6.26 Å². The standard InChI is InChI=1S/C18H12Cl2N4O3S/c1-28-17-22-8-11-14(23-17)10(4-3-7-21-18(26)27)9-24(16(11)25)15-12(19)5-2-6-13(15)20/h2,5-6,8-9,21H,7H2,1H3,(H,26,27). The molecule has 0 saturated heterocycles. The number of fused-ring (bicyclic) bond motifs is 1. The lowest BCUT2D eigenvalue weighted by molar-refractivity contribution is 0.196. The van der Waals surface area contributed by atoms with Crippen molar-refractivity contribution >= 4 is 52.0 Å². The lowest BCUT2D eigenvalue weighted by atomic mass is 10.2. The van der Waals surface area contributed by atoms with E-state index in [-0.39, 0.29) is 11.9 Å². The van der Waals surface area contributed by atoms with E-state index in [0.29, 0.717) is 32.0 Å². The van der Waals surface area contributed by atoms with Gasteiger partial charge in [0.15, 0.2) is 5.16 Å². The van der Waals surface area contributed by atoms with Crippen LogP contribution in [-0.4, -0.2) is 38.5 Å². The molecule has 3 rings (SSSR count). The van der Waals surface area contributed by atoms with Gasteiger partial charge in [-0.05, 0) is 18.4 Å². The van der Waals surface area contributed by atoms with Crippen LogP contribution in [0.4, 0.5) is 4.79 Å². The van der Waals surface area contributed by atoms with Gasteiger partial charge in [0, 0.05) is 12.4 Å². The SMILES string of the molecule is CSc1ncc2c(=O)n(-c3c(Cl)cccc3Cl)cc(C#CCNC(=O)O)c2n1. The number of aromatic nitrogens is 3. The monoisotopic (exact) mass is 434 g/mol. The summed E-state index contributed by atoms with van der Waals surface area (Å²) in [5.74, 6) is 5.55. The van der Waals surface area contributed by atoms with E-state index in [4.69, 9.17) is 28.3 Å². The largest absolute Gasteiger partial charge is 0.465 e. The third kappa shape index (κ3) is 4.07. The predicted octanol–water partition coefficient (Wildman–Crippen LogP) is 3.43. The zero-order chi connectivity index (χ0) is 20.3. The molecule has 0 bridgehead atoms. The van der Waals surface area contributed by atoms with Crippen molar-refractivity contribution in [2.75, 3.05) is 12.8 Å². The number of benzene rings is 1. The van der Waals surface area contributed by atoms with Crippen molar-refractivity contribution in [2.24, 2.45) is 0 Å². The lowest BCUT2D eigenvalue weighted by Crippen LogP contribution is -2.21. The molecule has 2 heterocycles. The van der Waals surface area contributed by atoms with Crippen LogP contribution in [0.15, 0.2) is 40.5 Å². The number of hydrogen-bond acceptors (Lipinski definition) is 5. The van der Waals surface area contributed by atoms with E-state index in [1.54, 1.807) is 18.2 Å². The van der Waals surface area contributed by atoms with Gasteiger partial charge in [-0.15, -0.1) is 0 Å². The molecule has 0 radical (unpaired) electrons. The van der Waals surface area contributed by atoms with Gasteiger partial charge in [0.25, 0.3) is 5.56 Å². The normalized spacial score (nSPS) is 10.4. The molecule has 142 valence electrons. The van der Waals surface area contributed by atoms with Gasteiger partial charge >= 0.3 is 6.09 Å². The van der Waals surface area contributed by atoms with Crippen LogP contribution in [0.1, 0.15) is 5.56 Å². The summed E-state index contributed by atoms with van der Waals surface area (Å²) < 4.78 is 1.30. The van der Waals surface area contributed by atoms with Crippen molar-refractivity contribution < 1.29 is 9.90 Å². The van der Waals surface area contributed by atoms with Gasteiger partial charge in [0.2, 0.25) is 0 Å². The molecule has 1 aromatic carbocycles. The highest BCUT2D eigenvalue weighted by atomic mass is 35.5. The summed E-state index contributed by atoms with van der Waals surface area (Å²) in [7, 11) is 0. The number of halogens is 2. The Labute approximate surface area is 173 Å². The van der Waals surface area contributed by atoms with Gasteiger partial charge in [0.05, 0.1) is 38.7 Å². The first-order valence-corrected chi connectivity index (χ1v) is 9.77. The topological polar surface area (TPSA) is 97.1 Å². The minimum Gasteiger partial charge on any atom is -0.465 e. The highest BCUT2D eigenvalue weighted by molar-refractivity contribution is 7.98. The van der Waals surface area contributed by atoms with E-state index in [1.165, 1.54) is 28.7 Å². The minimum absolute atomic E-state index is 0.0801. The van der Waals surface area contributed by atoms with Crippen LogP contribution in [0.25, 0.3) is 16.6 Å². The molecule has 0 fully saturated rings. The summed E-state index contributed by atoms with van der Waals surface area (Å²) in [5, 5.41) is 12.1. The van der Waals surface area contributed by atoms with Crippen molar-refractivity contribution in [1.82, 2.24) is 19.9 Å². The van der Waals surface area contributed by atoms with E-state index in [2.05, 4.69) is 27.1 Å². The Morgan fingerprint density at radius 2 is 2.07 bits per heavy atom. The van der Waals surface area contributed by atoms with Gasteiger partial charge in [-0.1, -0.05) is 52.9 Å². The van der Waals surface area contributed by atoms with Gasteiger partial charge in [-0.2, -0.15) is 0 Å². The Morgan fingerprint density at radius 3 is 2.71 bits per heavy atom. The molecule has 0 spiro atoms. The first-order valence-electron chi connectivity index (χ1n) is 7.79. The van der Waals surface area contributed by atoms with Crippen LogP contribution >= 0.6 is 35.0 Å². The van der Waals surface area contributed by atoms with E-state index in [9.17, 15) is 9.59 Å². The number of para-hydroxylation sites is 1. The van der Waals surface area contributed by atoms with Crippen LogP contribution in [-0.2, 0) is 0 Å². The lowest BCUT2D eigenvalue weighted by Gasteiger charge is -2.12. The number of rotatable bonds is 3. The number of nitrogens with zero attached hydrogens (tertiary/aromatic N) is 3. The number of carboxylic acid groups (broad SMARTS) is 1. The summed E-state index contributed by atoms with van der Waals surface area (Å²) in [6.07, 6.45) is 3.55. The third-order valence-corrected chi connectivity index (χ3v) is 4.81. The molecular weight excluding hydrogens is 423 g/mol. The number of nitrogens with one attached hydrogen (secondary N) is 1. The number of thioether (sulfide) groups is 1. The Bertz CT molecular complexity index is 1180. The second kappa shape index (κ2) is 8.52. The molecule has 0 aliphatic rings. The van der Waals surface area contributed by atoms with Gasteiger partial charge in [-0.3, -0.25) is 9.36 Å². The number of amides is 1. The first-order chi connectivity index (χ1) is 13.4. The second-order valence-corrected chi connectivity index (χ2v) is 6.96. The molecule has 0 atom stereocenters. The summed E-state index contributed by atoms with van der Waals surface area (Å²) in [4.78, 5) is 32.2. The van der Waals surface area contributed by atoms with Crippen molar-refractivity contribution in [1.29, 1.82) is 0 Å². The smallest absolute Gasteiger partial charge is 0.405 e. The third-order valence-electron chi connectivity index (χ3n) is 3.64. The molecule has 2 aromatic heterocycles. The Hall–Kier alpha value is -2.73. The molecule has 0 aliphatic carbocycles. The molecule has 7 nitrogen and oxygen atoms in total.